The van der Waals surface area contributed by atoms with Gasteiger partial charge in [-0.25, -0.2) is 4.57 Å². The molecule has 1 aromatic rings. The van der Waals surface area contributed by atoms with Gasteiger partial charge in [-0.15, -0.1) is 0 Å². The van der Waals surface area contributed by atoms with E-state index in [0.717, 1.165) is 0 Å². The van der Waals surface area contributed by atoms with Gasteiger partial charge < -0.3 is 43.4 Å². The second-order valence-corrected chi connectivity index (χ2v) is 8.78. The quantitative estimate of drug-likeness (QED) is 0.0789. The molecule has 0 bridgehead atoms. The predicted molar refractivity (Wildman–Crippen MR) is 133 cm³/mol. The maximum atomic E-state index is 11.3. The molecule has 13 heteroatoms. The van der Waals surface area contributed by atoms with Crippen molar-refractivity contribution in [3.8, 4) is 0 Å². The standard InChI is InChI=1S/C24H39N5O8/c25-17(21(30)31)5-1-2-11-29-12-14(7-9-19(27)23(34)35)16(4-3-6-18(26)22(32)33)15(13-29)8-10-20(28)24(36)37/h12-13,17-20H,1-11,25-28H2,(H3-,30,31,32,33,34,35,36,37)/p+1/t17-,18-,19-,20-/m0/s1/i3D2,4D2. The Labute approximate surface area is 221 Å². The average Bonchev–Trinajstić information content (AvgIpc) is 2.86. The lowest BCUT2D eigenvalue weighted by Crippen LogP contribution is -2.37. The van der Waals surface area contributed by atoms with Crippen LogP contribution in [0.1, 0.15) is 67.1 Å². The zero-order valence-corrected chi connectivity index (χ0v) is 20.5. The summed E-state index contributed by atoms with van der Waals surface area (Å²) in [4.78, 5) is 45.0. The van der Waals surface area contributed by atoms with Gasteiger partial charge in [0.2, 0.25) is 0 Å². The Bertz CT molecular complexity index is 1060. The highest BCUT2D eigenvalue weighted by atomic mass is 16.4. The van der Waals surface area contributed by atoms with Crippen molar-refractivity contribution in [3.05, 3.63) is 29.1 Å². The van der Waals surface area contributed by atoms with Crippen molar-refractivity contribution in [1.29, 1.82) is 0 Å². The smallest absolute Gasteiger partial charge is 0.320 e. The van der Waals surface area contributed by atoms with Crippen LogP contribution in [0.25, 0.3) is 0 Å². The molecule has 0 aliphatic rings. The molecule has 0 amide bonds. The van der Waals surface area contributed by atoms with Gasteiger partial charge in [0.1, 0.15) is 30.7 Å². The maximum absolute atomic E-state index is 11.3. The Hall–Kier alpha value is -3.13. The molecule has 0 radical (unpaired) electrons. The van der Waals surface area contributed by atoms with Crippen molar-refractivity contribution in [2.24, 2.45) is 22.9 Å². The summed E-state index contributed by atoms with van der Waals surface area (Å²) in [5, 5.41) is 36.7. The van der Waals surface area contributed by atoms with Gasteiger partial charge in [-0.1, -0.05) is 0 Å². The lowest BCUT2D eigenvalue weighted by atomic mass is 9.91. The number of rotatable bonds is 19. The number of carboxylic acids is 4. The number of hydrogen-bond donors (Lipinski definition) is 8. The molecule has 4 atom stereocenters. The third-order valence-electron chi connectivity index (χ3n) is 5.72. The number of pyridine rings is 1. The van der Waals surface area contributed by atoms with Crippen LogP contribution in [0.2, 0.25) is 0 Å². The van der Waals surface area contributed by atoms with Gasteiger partial charge in [0, 0.05) is 23.0 Å². The molecule has 0 fully saturated rings. The van der Waals surface area contributed by atoms with Crippen LogP contribution in [-0.4, -0.2) is 68.5 Å². The lowest BCUT2D eigenvalue weighted by molar-refractivity contribution is -0.698. The summed E-state index contributed by atoms with van der Waals surface area (Å²) >= 11 is 0. The summed E-state index contributed by atoms with van der Waals surface area (Å²) in [6, 6.07) is -5.41. The minimum absolute atomic E-state index is 0.105. The van der Waals surface area contributed by atoms with E-state index in [1.54, 1.807) is 4.57 Å². The maximum Gasteiger partial charge on any atom is 0.320 e. The molecular formula is C24H40N5O8+. The Kier molecular flexibility index (Phi) is 10.9. The van der Waals surface area contributed by atoms with Gasteiger partial charge in [-0.3, -0.25) is 19.2 Å². The van der Waals surface area contributed by atoms with Gasteiger partial charge in [-0.2, -0.15) is 0 Å². The summed E-state index contributed by atoms with van der Waals surface area (Å²) in [6.07, 6.45) is -3.03. The number of nitrogens with zero attached hydrogens (tertiary/aromatic N) is 1. The largest absolute Gasteiger partial charge is 0.480 e. The van der Waals surface area contributed by atoms with Crippen LogP contribution in [0.3, 0.4) is 0 Å². The van der Waals surface area contributed by atoms with Gasteiger partial charge in [0.05, 0.1) is 0 Å². The summed E-state index contributed by atoms with van der Waals surface area (Å²) in [7, 11) is 0. The van der Waals surface area contributed by atoms with E-state index >= 15 is 0 Å². The van der Waals surface area contributed by atoms with Gasteiger partial charge in [0.15, 0.2) is 12.4 Å². The molecule has 0 aliphatic carbocycles. The number of aliphatic carboxylic acids is 4. The molecule has 13 nitrogen and oxygen atoms in total. The molecule has 0 unspecified atom stereocenters. The van der Waals surface area contributed by atoms with Crippen molar-refractivity contribution in [2.45, 2.75) is 94.8 Å². The van der Waals surface area contributed by atoms with E-state index in [9.17, 15) is 34.5 Å². The summed E-state index contributed by atoms with van der Waals surface area (Å²) in [5.74, 6) is -5.28. The van der Waals surface area contributed by atoms with Crippen LogP contribution in [0.4, 0.5) is 0 Å². The van der Waals surface area contributed by atoms with Crippen LogP contribution in [0.15, 0.2) is 12.4 Å². The first-order valence-electron chi connectivity index (χ1n) is 13.8. The van der Waals surface area contributed by atoms with Crippen LogP contribution in [-0.2, 0) is 44.9 Å². The van der Waals surface area contributed by atoms with Crippen molar-refractivity contribution in [1.82, 2.24) is 0 Å². The van der Waals surface area contributed by atoms with Crippen molar-refractivity contribution >= 4 is 23.9 Å². The highest BCUT2D eigenvalue weighted by Crippen LogP contribution is 2.21. The van der Waals surface area contributed by atoms with E-state index in [4.69, 9.17) is 33.5 Å². The molecule has 1 aromatic heterocycles. The number of carboxylic acid groups (broad SMARTS) is 4. The molecule has 0 saturated carbocycles. The van der Waals surface area contributed by atoms with Gasteiger partial charge in [-0.05, 0) is 63.3 Å². The molecule has 12 N–H and O–H groups in total. The predicted octanol–water partition coefficient (Wildman–Crippen LogP) is -1.02. The highest BCUT2D eigenvalue weighted by Gasteiger charge is 2.22. The minimum Gasteiger partial charge on any atom is -0.480 e. The molecule has 1 heterocycles. The Morgan fingerprint density at radius 2 is 1.11 bits per heavy atom. The molecule has 0 saturated heterocycles. The van der Waals surface area contributed by atoms with E-state index in [1.807, 2.05) is 0 Å². The zero-order valence-electron chi connectivity index (χ0n) is 24.5. The van der Waals surface area contributed by atoms with Crippen LogP contribution >= 0.6 is 0 Å². The summed E-state index contributed by atoms with van der Waals surface area (Å²) in [5.41, 5.74) is 22.6. The summed E-state index contributed by atoms with van der Waals surface area (Å²) < 4.78 is 36.2. The molecular weight excluding hydrogens is 486 g/mol. The molecule has 37 heavy (non-hydrogen) atoms. The second kappa shape index (κ2) is 15.9. The van der Waals surface area contributed by atoms with E-state index in [2.05, 4.69) is 0 Å². The van der Waals surface area contributed by atoms with Gasteiger partial charge in [0.25, 0.3) is 0 Å². The fraction of sp³-hybridized carbons (Fsp3) is 0.625. The molecule has 1 rings (SSSR count). The zero-order chi connectivity index (χ0) is 31.7. The van der Waals surface area contributed by atoms with Crippen LogP contribution < -0.4 is 27.5 Å². The molecule has 0 aromatic carbocycles. The fourth-order valence-corrected chi connectivity index (χ4v) is 3.43. The summed E-state index contributed by atoms with van der Waals surface area (Å²) in [6.45, 7) is 0.294. The number of aromatic nitrogens is 1. The fourth-order valence-electron chi connectivity index (χ4n) is 3.43. The first-order valence-corrected chi connectivity index (χ1v) is 11.8. The van der Waals surface area contributed by atoms with E-state index in [-0.39, 0.29) is 48.8 Å². The first kappa shape index (κ1) is 25.5. The lowest BCUT2D eigenvalue weighted by Gasteiger charge is -2.16. The Balaban J connectivity index is 3.66. The van der Waals surface area contributed by atoms with Crippen molar-refractivity contribution < 1.29 is 49.7 Å². The van der Waals surface area contributed by atoms with Crippen molar-refractivity contribution in [2.75, 3.05) is 0 Å². The monoisotopic (exact) mass is 530 g/mol. The Morgan fingerprint density at radius 3 is 1.54 bits per heavy atom. The highest BCUT2D eigenvalue weighted by molar-refractivity contribution is 5.74. The van der Waals surface area contributed by atoms with E-state index in [1.165, 1.54) is 12.4 Å². The van der Waals surface area contributed by atoms with Gasteiger partial charge >= 0.3 is 23.9 Å². The van der Waals surface area contributed by atoms with E-state index < -0.39 is 67.2 Å². The average molecular weight is 531 g/mol. The van der Waals surface area contributed by atoms with Crippen molar-refractivity contribution in [3.63, 3.8) is 0 Å². The van der Waals surface area contributed by atoms with Crippen LogP contribution in [0.5, 0.6) is 0 Å². The van der Waals surface area contributed by atoms with E-state index in [0.29, 0.717) is 19.4 Å². The second-order valence-electron chi connectivity index (χ2n) is 8.78. The Morgan fingerprint density at radius 1 is 0.703 bits per heavy atom. The third kappa shape index (κ3) is 11.6. The topological polar surface area (TPSA) is 257 Å². The normalized spacial score (nSPS) is 16.9. The molecule has 208 valence electrons. The molecule has 0 spiro atoms. The third-order valence-corrected chi connectivity index (χ3v) is 5.72. The number of carbonyl (C=O) groups is 4. The molecule has 0 aliphatic heterocycles. The number of nitrogens with two attached hydrogens (primary N) is 4. The first-order chi connectivity index (χ1) is 18.8. The number of unbranched alkanes of at least 4 members (excludes halogenated alkanes) is 1. The number of hydrogen-bond acceptors (Lipinski definition) is 8. The van der Waals surface area contributed by atoms with Crippen LogP contribution in [0, 0.1) is 0 Å². The SMILES string of the molecule is [2H]C([2H])(C[C@H](N)C(=O)O)C([2H])([2H])c1c(CC[C@H](N)C(=O)O)c[n+](CCCC[C@H](N)C(=O)O)cc1CC[C@H](N)C(=O)O. The number of aryl methyl sites for hydroxylation is 3. The minimum atomic E-state index is -2.86.